The van der Waals surface area contributed by atoms with Crippen molar-refractivity contribution < 1.29 is 24.1 Å². The van der Waals surface area contributed by atoms with Gasteiger partial charge in [0, 0.05) is 0 Å². The van der Waals surface area contributed by atoms with Crippen LogP contribution in [0.2, 0.25) is 0 Å². The van der Waals surface area contributed by atoms with Crippen LogP contribution in [0.4, 0.5) is 0 Å². The van der Waals surface area contributed by atoms with E-state index in [1.165, 1.54) is 29.3 Å². The number of ether oxygens (including phenoxy) is 3. The van der Waals surface area contributed by atoms with E-state index in [9.17, 15) is 9.90 Å². The van der Waals surface area contributed by atoms with Crippen LogP contribution in [-0.4, -0.2) is 65.0 Å². The van der Waals surface area contributed by atoms with Gasteiger partial charge in [-0.05, 0) is 43.6 Å². The number of nitrogens with zero attached hydrogens (tertiary/aromatic N) is 4. The lowest BCUT2D eigenvalue weighted by Gasteiger charge is -2.36. The summed E-state index contributed by atoms with van der Waals surface area (Å²) in [5.74, 6) is 1.05. The van der Waals surface area contributed by atoms with Crippen LogP contribution in [0.25, 0.3) is 4.96 Å². The lowest BCUT2D eigenvalue weighted by Crippen LogP contribution is -2.39. The average Bonchev–Trinajstić information content (AvgIpc) is 3.37. The highest BCUT2D eigenvalue weighted by Crippen LogP contribution is 2.43. The quantitative estimate of drug-likeness (QED) is 0.593. The summed E-state index contributed by atoms with van der Waals surface area (Å²) >= 11 is 1.40. The van der Waals surface area contributed by atoms with Gasteiger partial charge in [0.15, 0.2) is 11.5 Å². The van der Waals surface area contributed by atoms with Crippen molar-refractivity contribution in [2.24, 2.45) is 5.92 Å². The number of hydrogen-bond acceptors (Lipinski definition) is 9. The van der Waals surface area contributed by atoms with Crippen molar-refractivity contribution in [3.8, 4) is 17.4 Å². The first kappa shape index (κ1) is 20.4. The van der Waals surface area contributed by atoms with E-state index in [4.69, 9.17) is 14.2 Å². The Morgan fingerprint density at radius 1 is 1.20 bits per heavy atom. The Balaban J connectivity index is 1.73. The van der Waals surface area contributed by atoms with Gasteiger partial charge in [0.1, 0.15) is 6.33 Å². The van der Waals surface area contributed by atoms with Crippen molar-refractivity contribution in [2.45, 2.75) is 18.9 Å². The molecule has 1 fully saturated rings. The minimum Gasteiger partial charge on any atom is -0.493 e. The molecule has 0 radical (unpaired) electrons. The third-order valence-corrected chi connectivity index (χ3v) is 6.63. The van der Waals surface area contributed by atoms with E-state index in [0.29, 0.717) is 42.4 Å². The smallest absolute Gasteiger partial charge is 0.308 e. The lowest BCUT2D eigenvalue weighted by atomic mass is 9.93. The van der Waals surface area contributed by atoms with Gasteiger partial charge in [-0.1, -0.05) is 17.4 Å². The summed E-state index contributed by atoms with van der Waals surface area (Å²) in [7, 11) is 4.62. The predicted molar refractivity (Wildman–Crippen MR) is 110 cm³/mol. The second-order valence-electron chi connectivity index (χ2n) is 7.09. The minimum atomic E-state index is -0.239. The van der Waals surface area contributed by atoms with Crippen molar-refractivity contribution >= 4 is 22.3 Å². The van der Waals surface area contributed by atoms with Crippen molar-refractivity contribution in [1.82, 2.24) is 19.5 Å². The van der Waals surface area contributed by atoms with E-state index in [1.807, 2.05) is 18.2 Å². The number of piperidine rings is 1. The van der Waals surface area contributed by atoms with E-state index >= 15 is 0 Å². The van der Waals surface area contributed by atoms with Crippen molar-refractivity contribution in [2.75, 3.05) is 34.4 Å². The van der Waals surface area contributed by atoms with Gasteiger partial charge in [-0.2, -0.15) is 9.61 Å². The van der Waals surface area contributed by atoms with Crippen LogP contribution < -0.4 is 9.47 Å². The Hall–Kier alpha value is -2.85. The zero-order valence-electron chi connectivity index (χ0n) is 17.1. The number of esters is 1. The fourth-order valence-corrected chi connectivity index (χ4v) is 5.07. The number of aromatic nitrogens is 3. The van der Waals surface area contributed by atoms with Crippen LogP contribution >= 0.6 is 11.3 Å². The Bertz CT molecular complexity index is 1040. The molecular formula is C20H24N4O5S. The molecule has 1 N–H and O–H groups in total. The first-order valence-corrected chi connectivity index (χ1v) is 10.4. The molecule has 2 aromatic heterocycles. The van der Waals surface area contributed by atoms with E-state index in [-0.39, 0.29) is 23.8 Å². The molecule has 30 heavy (non-hydrogen) atoms. The highest BCUT2D eigenvalue weighted by molar-refractivity contribution is 7.17. The molecule has 1 aromatic carbocycles. The summed E-state index contributed by atoms with van der Waals surface area (Å²) < 4.78 is 17.2. The van der Waals surface area contributed by atoms with Gasteiger partial charge in [0.25, 0.3) is 0 Å². The normalized spacial score (nSPS) is 16.5. The highest BCUT2D eigenvalue weighted by Gasteiger charge is 2.34. The molecule has 1 aliphatic heterocycles. The van der Waals surface area contributed by atoms with Gasteiger partial charge in [-0.25, -0.2) is 4.98 Å². The molecule has 0 amide bonds. The maximum absolute atomic E-state index is 11.9. The molecule has 0 unspecified atom stereocenters. The van der Waals surface area contributed by atoms with Crippen LogP contribution in [0.15, 0.2) is 24.5 Å². The summed E-state index contributed by atoms with van der Waals surface area (Å²) in [6.45, 7) is 1.37. The Morgan fingerprint density at radius 3 is 2.57 bits per heavy atom. The number of rotatable bonds is 6. The largest absolute Gasteiger partial charge is 0.493 e. The summed E-state index contributed by atoms with van der Waals surface area (Å²) in [5.41, 5.74) is 0.948. The van der Waals surface area contributed by atoms with Crippen LogP contribution in [-0.2, 0) is 9.53 Å². The molecule has 1 saturated heterocycles. The number of carbonyl (C=O) groups is 1. The number of hydrogen-bond donors (Lipinski definition) is 1. The average molecular weight is 433 g/mol. The molecule has 3 heterocycles. The number of benzene rings is 1. The molecule has 1 aliphatic rings. The molecular weight excluding hydrogens is 408 g/mol. The van der Waals surface area contributed by atoms with E-state index in [0.717, 1.165) is 10.4 Å². The number of fused-ring (bicyclic) bond motifs is 1. The molecule has 0 bridgehead atoms. The van der Waals surface area contributed by atoms with Gasteiger partial charge < -0.3 is 19.3 Å². The van der Waals surface area contributed by atoms with Crippen molar-refractivity contribution in [1.29, 1.82) is 0 Å². The second kappa shape index (κ2) is 8.49. The van der Waals surface area contributed by atoms with E-state index in [2.05, 4.69) is 15.0 Å². The zero-order valence-corrected chi connectivity index (χ0v) is 17.9. The second-order valence-corrected chi connectivity index (χ2v) is 8.10. The molecule has 10 heteroatoms. The fraction of sp³-hybridized carbons (Fsp3) is 0.450. The number of methoxy groups -OCH3 is 3. The molecule has 0 spiro atoms. The maximum Gasteiger partial charge on any atom is 0.308 e. The summed E-state index contributed by atoms with van der Waals surface area (Å²) in [5, 5.41) is 15.0. The van der Waals surface area contributed by atoms with Gasteiger partial charge in [-0.3, -0.25) is 9.69 Å². The summed E-state index contributed by atoms with van der Waals surface area (Å²) in [6.07, 6.45) is 2.80. The number of thiazole rings is 1. The Kier molecular flexibility index (Phi) is 5.78. The first-order valence-electron chi connectivity index (χ1n) is 9.62. The first-order chi connectivity index (χ1) is 14.6. The topological polar surface area (TPSA) is 98.4 Å². The highest BCUT2D eigenvalue weighted by atomic mass is 32.1. The third-order valence-electron chi connectivity index (χ3n) is 5.54. The third kappa shape index (κ3) is 3.56. The van der Waals surface area contributed by atoms with Crippen LogP contribution in [0.3, 0.4) is 0 Å². The summed E-state index contributed by atoms with van der Waals surface area (Å²) in [6, 6.07) is 5.51. The zero-order chi connectivity index (χ0) is 21.3. The SMILES string of the molecule is COC(=O)C1CCN([C@@H](c2ccc(OC)c(OC)c2)c2sc3ncnn3c2O)CC1. The van der Waals surface area contributed by atoms with Gasteiger partial charge in [0.05, 0.1) is 38.2 Å². The van der Waals surface area contributed by atoms with Gasteiger partial charge in [-0.15, -0.1) is 0 Å². The van der Waals surface area contributed by atoms with Crippen LogP contribution in [0, 0.1) is 5.92 Å². The maximum atomic E-state index is 11.9. The fourth-order valence-electron chi connectivity index (χ4n) is 3.98. The lowest BCUT2D eigenvalue weighted by molar-refractivity contribution is -0.147. The van der Waals surface area contributed by atoms with Crippen molar-refractivity contribution in [3.63, 3.8) is 0 Å². The van der Waals surface area contributed by atoms with Crippen molar-refractivity contribution in [3.05, 3.63) is 35.0 Å². The Labute approximate surface area is 177 Å². The van der Waals surface area contributed by atoms with E-state index < -0.39 is 0 Å². The van der Waals surface area contributed by atoms with Crippen LogP contribution in [0.1, 0.15) is 29.3 Å². The molecule has 0 aliphatic carbocycles. The molecule has 0 saturated carbocycles. The standard InChI is InChI=1S/C20H24N4O5S/c1-27-14-5-4-13(10-15(14)28-2)16(17-18(25)24-20(30-17)21-11-22-24)23-8-6-12(7-9-23)19(26)29-3/h4-5,10-12,16,25H,6-9H2,1-3H3/t16-/m0/s1. The van der Waals surface area contributed by atoms with Crippen LogP contribution in [0.5, 0.6) is 17.4 Å². The molecule has 3 aromatic rings. The monoisotopic (exact) mass is 432 g/mol. The minimum absolute atomic E-state index is 0.0716. The predicted octanol–water partition coefficient (Wildman–Crippen LogP) is 2.49. The van der Waals surface area contributed by atoms with Gasteiger partial charge in [0.2, 0.25) is 10.8 Å². The Morgan fingerprint density at radius 2 is 1.93 bits per heavy atom. The number of carbonyl (C=O) groups excluding carboxylic acids is 1. The van der Waals surface area contributed by atoms with E-state index in [1.54, 1.807) is 14.2 Å². The molecule has 1 atom stereocenters. The molecule has 160 valence electrons. The summed E-state index contributed by atoms with van der Waals surface area (Å²) in [4.78, 5) is 19.8. The number of aromatic hydroxyl groups is 1. The molecule has 4 rings (SSSR count). The number of likely N-dealkylation sites (tertiary alicyclic amines) is 1. The van der Waals surface area contributed by atoms with Gasteiger partial charge >= 0.3 is 5.97 Å². The molecule has 9 nitrogen and oxygen atoms in total.